The van der Waals surface area contributed by atoms with Crippen LogP contribution in [-0.2, 0) is 16.1 Å². The Morgan fingerprint density at radius 3 is 2.42 bits per heavy atom. The monoisotopic (exact) mass is 436 g/mol. The molecule has 0 aliphatic carbocycles. The van der Waals surface area contributed by atoms with Crippen LogP contribution in [0.15, 0.2) is 42.5 Å². The Kier molecular flexibility index (Phi) is 5.95. The first-order valence-electron chi connectivity index (χ1n) is 8.80. The number of hydrogen-bond donors (Lipinski definition) is 1. The van der Waals surface area contributed by atoms with Crippen LogP contribution in [0.5, 0.6) is 5.75 Å². The van der Waals surface area contributed by atoms with Gasteiger partial charge in [0.2, 0.25) is 0 Å². The Balaban J connectivity index is 1.56. The van der Waals surface area contributed by atoms with Crippen molar-refractivity contribution >= 4 is 23.7 Å². The van der Waals surface area contributed by atoms with Crippen LogP contribution in [-0.4, -0.2) is 48.6 Å². The summed E-state index contributed by atoms with van der Waals surface area (Å²) in [7, 11) is 1.31. The number of para-hydroxylation sites is 1. The number of amides is 3. The number of nitrogens with zero attached hydrogens (tertiary/aromatic N) is 1. The molecule has 0 aromatic heterocycles. The van der Waals surface area contributed by atoms with Gasteiger partial charge in [0, 0.05) is 19.2 Å². The first-order valence-corrected chi connectivity index (χ1v) is 8.80. The van der Waals surface area contributed by atoms with Crippen molar-refractivity contribution in [3.63, 3.8) is 0 Å². The average molecular weight is 436 g/mol. The fraction of sp³-hybridized carbons (Fsp3) is 0.200. The minimum absolute atomic E-state index is 0.0353. The van der Waals surface area contributed by atoms with Gasteiger partial charge in [-0.3, -0.25) is 19.3 Å². The number of rotatable bonds is 6. The van der Waals surface area contributed by atoms with E-state index in [9.17, 15) is 32.3 Å². The lowest BCUT2D eigenvalue weighted by atomic mass is 10.1. The highest BCUT2D eigenvalue weighted by Crippen LogP contribution is 2.26. The van der Waals surface area contributed by atoms with Crippen molar-refractivity contribution in [2.24, 2.45) is 0 Å². The average Bonchev–Trinajstić information content (AvgIpc) is 2.94. The molecule has 1 aliphatic rings. The highest BCUT2D eigenvalue weighted by atomic mass is 19.4. The van der Waals surface area contributed by atoms with Crippen molar-refractivity contribution < 1.29 is 41.8 Å². The van der Waals surface area contributed by atoms with Gasteiger partial charge in [-0.15, -0.1) is 13.2 Å². The van der Waals surface area contributed by atoms with Crippen LogP contribution in [0.25, 0.3) is 0 Å². The summed E-state index contributed by atoms with van der Waals surface area (Å²) in [4.78, 5) is 48.8. The Hall–Kier alpha value is -3.89. The number of halogens is 3. The molecule has 0 saturated heterocycles. The van der Waals surface area contributed by atoms with Crippen molar-refractivity contribution in [1.82, 2.24) is 10.2 Å². The maximum Gasteiger partial charge on any atom is 0.573 e. The van der Waals surface area contributed by atoms with E-state index < -0.39 is 42.4 Å². The summed E-state index contributed by atoms with van der Waals surface area (Å²) < 4.78 is 46.1. The number of esters is 1. The molecule has 3 amide bonds. The van der Waals surface area contributed by atoms with E-state index in [0.29, 0.717) is 0 Å². The quantitative estimate of drug-likeness (QED) is 0.551. The lowest BCUT2D eigenvalue weighted by Gasteiger charge is -2.13. The summed E-state index contributed by atoms with van der Waals surface area (Å²) in [5.41, 5.74) is 0.242. The Labute approximate surface area is 173 Å². The van der Waals surface area contributed by atoms with Gasteiger partial charge in [-0.2, -0.15) is 0 Å². The first kappa shape index (κ1) is 21.8. The Bertz CT molecular complexity index is 1070. The maximum atomic E-state index is 12.4. The molecule has 8 nitrogen and oxygen atoms in total. The van der Waals surface area contributed by atoms with Gasteiger partial charge in [0.15, 0.2) is 6.61 Å². The van der Waals surface area contributed by atoms with Crippen LogP contribution < -0.4 is 10.1 Å². The van der Waals surface area contributed by atoms with Crippen molar-refractivity contribution in [3.05, 3.63) is 64.7 Å². The number of imide groups is 1. The Morgan fingerprint density at radius 2 is 1.71 bits per heavy atom. The van der Waals surface area contributed by atoms with Crippen LogP contribution in [0, 0.1) is 0 Å². The standard InChI is InChI=1S/C20H15F3N2O6/c1-25-17(27)13-7-6-11(8-14(13)18(25)28)19(29)30-10-16(26)24-9-12-4-2-3-5-15(12)31-20(21,22)23/h2-8H,9-10H2,1H3,(H,24,26). The van der Waals surface area contributed by atoms with E-state index in [1.54, 1.807) is 0 Å². The molecule has 162 valence electrons. The number of alkyl halides is 3. The molecule has 0 unspecified atom stereocenters. The molecule has 0 saturated carbocycles. The van der Waals surface area contributed by atoms with Crippen molar-refractivity contribution in [2.75, 3.05) is 13.7 Å². The van der Waals surface area contributed by atoms with E-state index in [1.165, 1.54) is 43.4 Å². The molecule has 2 aromatic carbocycles. The summed E-state index contributed by atoms with van der Waals surface area (Å²) in [6.07, 6.45) is -4.88. The number of ether oxygens (including phenoxy) is 2. The second-order valence-electron chi connectivity index (χ2n) is 6.44. The van der Waals surface area contributed by atoms with Crippen LogP contribution in [0.4, 0.5) is 13.2 Å². The van der Waals surface area contributed by atoms with Gasteiger partial charge < -0.3 is 14.8 Å². The van der Waals surface area contributed by atoms with Crippen LogP contribution in [0.1, 0.15) is 36.6 Å². The zero-order valence-corrected chi connectivity index (χ0v) is 16.0. The van der Waals surface area contributed by atoms with E-state index in [0.717, 1.165) is 11.0 Å². The number of nitrogens with one attached hydrogen (secondary N) is 1. The van der Waals surface area contributed by atoms with Gasteiger partial charge in [-0.1, -0.05) is 18.2 Å². The third-order valence-corrected chi connectivity index (χ3v) is 4.33. The van der Waals surface area contributed by atoms with Crippen LogP contribution >= 0.6 is 0 Å². The summed E-state index contributed by atoms with van der Waals surface area (Å²) in [6, 6.07) is 9.06. The first-order chi connectivity index (χ1) is 14.6. The molecular weight excluding hydrogens is 421 g/mol. The topological polar surface area (TPSA) is 102 Å². The zero-order valence-electron chi connectivity index (χ0n) is 16.0. The predicted molar refractivity (Wildman–Crippen MR) is 98.1 cm³/mol. The molecular formula is C20H15F3N2O6. The third-order valence-electron chi connectivity index (χ3n) is 4.33. The van der Waals surface area contributed by atoms with Gasteiger partial charge in [0.05, 0.1) is 16.7 Å². The van der Waals surface area contributed by atoms with Gasteiger partial charge >= 0.3 is 12.3 Å². The molecule has 0 radical (unpaired) electrons. The molecule has 1 N–H and O–H groups in total. The van der Waals surface area contributed by atoms with E-state index in [1.807, 2.05) is 0 Å². The fourth-order valence-corrected chi connectivity index (χ4v) is 2.82. The molecule has 11 heteroatoms. The highest BCUT2D eigenvalue weighted by molar-refractivity contribution is 6.21. The molecule has 1 heterocycles. The number of hydrogen-bond acceptors (Lipinski definition) is 6. The summed E-state index contributed by atoms with van der Waals surface area (Å²) >= 11 is 0. The lowest BCUT2D eigenvalue weighted by molar-refractivity contribution is -0.274. The summed E-state index contributed by atoms with van der Waals surface area (Å²) in [5, 5.41) is 2.32. The van der Waals surface area contributed by atoms with E-state index in [-0.39, 0.29) is 28.8 Å². The summed E-state index contributed by atoms with van der Waals surface area (Å²) in [5.74, 6) is -3.19. The van der Waals surface area contributed by atoms with Crippen molar-refractivity contribution in [1.29, 1.82) is 0 Å². The second kappa shape index (κ2) is 8.46. The molecule has 1 aliphatic heterocycles. The van der Waals surface area contributed by atoms with Crippen molar-refractivity contribution in [3.8, 4) is 5.75 Å². The molecule has 0 spiro atoms. The van der Waals surface area contributed by atoms with Crippen LogP contribution in [0.2, 0.25) is 0 Å². The predicted octanol–water partition coefficient (Wildman–Crippen LogP) is 2.28. The molecule has 31 heavy (non-hydrogen) atoms. The highest BCUT2D eigenvalue weighted by Gasteiger charge is 2.33. The maximum absolute atomic E-state index is 12.4. The number of benzene rings is 2. The molecule has 2 aromatic rings. The molecule has 0 fully saturated rings. The molecule has 0 atom stereocenters. The molecule has 3 rings (SSSR count). The Morgan fingerprint density at radius 1 is 1.03 bits per heavy atom. The number of fused-ring (bicyclic) bond motifs is 1. The van der Waals surface area contributed by atoms with Crippen molar-refractivity contribution in [2.45, 2.75) is 12.9 Å². The molecule has 0 bridgehead atoms. The van der Waals surface area contributed by atoms with E-state index in [4.69, 9.17) is 4.74 Å². The smallest absolute Gasteiger partial charge is 0.452 e. The third kappa shape index (κ3) is 5.00. The minimum Gasteiger partial charge on any atom is -0.452 e. The second-order valence-corrected chi connectivity index (χ2v) is 6.44. The normalized spacial score (nSPS) is 13.1. The zero-order chi connectivity index (χ0) is 22.8. The number of carbonyl (C=O) groups excluding carboxylic acids is 4. The lowest BCUT2D eigenvalue weighted by Crippen LogP contribution is -2.29. The summed E-state index contributed by atoms with van der Waals surface area (Å²) in [6.45, 7) is -0.991. The van der Waals surface area contributed by atoms with Gasteiger partial charge in [-0.25, -0.2) is 4.79 Å². The van der Waals surface area contributed by atoms with E-state index in [2.05, 4.69) is 10.1 Å². The van der Waals surface area contributed by atoms with Gasteiger partial charge in [-0.05, 0) is 24.3 Å². The van der Waals surface area contributed by atoms with Crippen LogP contribution in [0.3, 0.4) is 0 Å². The van der Waals surface area contributed by atoms with E-state index >= 15 is 0 Å². The minimum atomic E-state index is -4.88. The number of carbonyl (C=O) groups is 4. The largest absolute Gasteiger partial charge is 0.573 e. The van der Waals surface area contributed by atoms with Gasteiger partial charge in [0.1, 0.15) is 5.75 Å². The van der Waals surface area contributed by atoms with Gasteiger partial charge in [0.25, 0.3) is 17.7 Å². The fourth-order valence-electron chi connectivity index (χ4n) is 2.82. The SMILES string of the molecule is CN1C(=O)c2ccc(C(=O)OCC(=O)NCc3ccccc3OC(F)(F)F)cc2C1=O.